The molecule has 0 aliphatic heterocycles. The largest absolute Gasteiger partial charge is 0.337 e. The Kier molecular flexibility index (Phi) is 10.3. The van der Waals surface area contributed by atoms with Crippen molar-refractivity contribution >= 4 is 17.5 Å². The molecule has 0 aliphatic rings. The van der Waals surface area contributed by atoms with Crippen LogP contribution in [0.1, 0.15) is 58.5 Å². The fourth-order valence-electron chi connectivity index (χ4n) is 1.02. The molecule has 1 heterocycles. The molecule has 0 saturated heterocycles. The van der Waals surface area contributed by atoms with Gasteiger partial charge in [-0.05, 0) is 0 Å². The van der Waals surface area contributed by atoms with Gasteiger partial charge >= 0.3 is 0 Å². The van der Waals surface area contributed by atoms with E-state index in [1.165, 1.54) is 26.6 Å². The van der Waals surface area contributed by atoms with Crippen LogP contribution in [0.2, 0.25) is 0 Å². The molecule has 0 atom stereocenters. The molecule has 0 spiro atoms. The van der Waals surface area contributed by atoms with Crippen molar-refractivity contribution in [2.45, 2.75) is 48.0 Å². The number of hydrogen-bond donors (Lipinski definition) is 2. The third-order valence-electron chi connectivity index (χ3n) is 1.68. The minimum absolute atomic E-state index is 0.0625. The van der Waals surface area contributed by atoms with Crippen molar-refractivity contribution in [3.8, 4) is 0 Å². The van der Waals surface area contributed by atoms with Crippen LogP contribution in [0, 0.1) is 0 Å². The fraction of sp³-hybridized carbons (Fsp3) is 0.583. The molecule has 7 nitrogen and oxygen atoms in total. The molecule has 1 aromatic rings. The molecule has 0 aromatic carbocycles. The van der Waals surface area contributed by atoms with Crippen molar-refractivity contribution in [3.63, 3.8) is 0 Å². The van der Waals surface area contributed by atoms with Crippen LogP contribution in [0.5, 0.6) is 0 Å². The Morgan fingerprint density at radius 3 is 2.05 bits per heavy atom. The lowest BCUT2D eigenvalue weighted by molar-refractivity contribution is -0.116. The number of anilines is 1. The van der Waals surface area contributed by atoms with Crippen molar-refractivity contribution in [1.82, 2.24) is 9.66 Å². The topological polar surface area (TPSA) is 107 Å². The number of nitrogen functional groups attached to an aromatic ring is 1. The van der Waals surface area contributed by atoms with E-state index in [4.69, 9.17) is 11.7 Å². The van der Waals surface area contributed by atoms with Crippen LogP contribution in [0.25, 0.3) is 0 Å². The molecule has 19 heavy (non-hydrogen) atoms. The molecule has 0 bridgehead atoms. The minimum atomic E-state index is -0.425. The molecule has 0 saturated carbocycles. The number of amides is 1. The smallest absolute Gasteiger partial charge is 0.239 e. The van der Waals surface area contributed by atoms with Gasteiger partial charge in [-0.2, -0.15) is 0 Å². The molecule has 1 aromatic heterocycles. The van der Waals surface area contributed by atoms with Crippen molar-refractivity contribution in [2.75, 3.05) is 10.9 Å². The van der Waals surface area contributed by atoms with Crippen molar-refractivity contribution in [3.05, 3.63) is 12.0 Å². The summed E-state index contributed by atoms with van der Waals surface area (Å²) in [6.07, 6.45) is 2.47. The first-order valence-corrected chi connectivity index (χ1v) is 6.25. The van der Waals surface area contributed by atoms with Gasteiger partial charge < -0.3 is 5.84 Å². The van der Waals surface area contributed by atoms with Gasteiger partial charge in [-0.25, -0.2) is 20.5 Å². The fourth-order valence-corrected chi connectivity index (χ4v) is 1.02. The number of imidazole rings is 1. The number of hydrogen-bond acceptors (Lipinski definition) is 5. The highest BCUT2D eigenvalue weighted by Gasteiger charge is 2.20. The Morgan fingerprint density at radius 1 is 1.32 bits per heavy atom. The van der Waals surface area contributed by atoms with Gasteiger partial charge in [-0.1, -0.05) is 34.1 Å². The average molecular weight is 271 g/mol. The second kappa shape index (κ2) is 10.1. The molecule has 0 aliphatic carbocycles. The Hall–Kier alpha value is -1.89. The molecule has 1 amide bonds. The highest BCUT2D eigenvalue weighted by molar-refractivity contribution is 6.01. The summed E-state index contributed by atoms with van der Waals surface area (Å²) in [5.74, 6) is 10.1. The lowest BCUT2D eigenvalue weighted by atomic mass is 10.3. The third kappa shape index (κ3) is 6.01. The summed E-state index contributed by atoms with van der Waals surface area (Å²) in [7, 11) is 0. The van der Waals surface area contributed by atoms with Crippen LogP contribution in [-0.2, 0) is 4.79 Å². The van der Waals surface area contributed by atoms with Crippen LogP contribution in [0.3, 0.4) is 0 Å². The normalized spacial score (nSPS) is 8.58. The molecule has 110 valence electrons. The van der Waals surface area contributed by atoms with Crippen LogP contribution in [0.15, 0.2) is 6.33 Å². The summed E-state index contributed by atoms with van der Waals surface area (Å²) in [5.41, 5.74) is 0.0997. The Labute approximate surface area is 114 Å². The Morgan fingerprint density at radius 2 is 1.74 bits per heavy atom. The lowest BCUT2D eigenvalue weighted by Gasteiger charge is -2.12. The molecule has 4 N–H and O–H groups in total. The van der Waals surface area contributed by atoms with Gasteiger partial charge in [0.25, 0.3) is 0 Å². The number of ketones is 1. The van der Waals surface area contributed by atoms with E-state index in [2.05, 4.69) is 18.8 Å². The molecule has 0 unspecified atom stereocenters. The summed E-state index contributed by atoms with van der Waals surface area (Å²) in [6.45, 7) is 10.8. The zero-order valence-electron chi connectivity index (χ0n) is 12.6. The first-order valence-electron chi connectivity index (χ1n) is 6.25. The van der Waals surface area contributed by atoms with E-state index in [1.807, 2.05) is 13.8 Å². The number of nitrogens with zero attached hydrogens (tertiary/aromatic N) is 3. The van der Waals surface area contributed by atoms with E-state index in [-0.39, 0.29) is 17.3 Å². The van der Waals surface area contributed by atoms with Crippen LogP contribution in [0.4, 0.5) is 5.82 Å². The number of rotatable bonds is 2. The van der Waals surface area contributed by atoms with Crippen molar-refractivity contribution < 1.29 is 9.59 Å². The average Bonchev–Trinajstić information content (AvgIpc) is 2.73. The molecular weight excluding hydrogens is 246 g/mol. The molecule has 1 rings (SSSR count). The Bertz CT molecular complexity index is 401. The molecular formula is C12H25N5O2. The van der Waals surface area contributed by atoms with Gasteiger partial charge in [0, 0.05) is 13.8 Å². The number of hydrazine groups is 1. The maximum atomic E-state index is 11.1. The van der Waals surface area contributed by atoms with E-state index in [1.54, 1.807) is 0 Å². The zero-order chi connectivity index (χ0) is 15.6. The SMILES string of the molecule is CC.CC(=O)c1c(N(N)C(C)=O)ncn1N.CCC. The minimum Gasteiger partial charge on any atom is -0.337 e. The summed E-state index contributed by atoms with van der Waals surface area (Å²) in [4.78, 5) is 25.8. The van der Waals surface area contributed by atoms with Gasteiger partial charge in [0.15, 0.2) is 17.3 Å². The number of carbonyl (C=O) groups is 2. The van der Waals surface area contributed by atoms with E-state index in [9.17, 15) is 9.59 Å². The number of aromatic nitrogens is 2. The highest BCUT2D eigenvalue weighted by atomic mass is 16.2. The summed E-state index contributed by atoms with van der Waals surface area (Å²) < 4.78 is 1.03. The lowest BCUT2D eigenvalue weighted by Crippen LogP contribution is -2.37. The predicted molar refractivity (Wildman–Crippen MR) is 77.0 cm³/mol. The molecule has 0 radical (unpaired) electrons. The van der Waals surface area contributed by atoms with Gasteiger partial charge in [0.1, 0.15) is 6.33 Å². The van der Waals surface area contributed by atoms with Crippen molar-refractivity contribution in [1.29, 1.82) is 0 Å². The van der Waals surface area contributed by atoms with Crippen molar-refractivity contribution in [2.24, 2.45) is 5.84 Å². The van der Waals surface area contributed by atoms with Crippen LogP contribution < -0.4 is 16.7 Å². The number of carbonyl (C=O) groups excluding carboxylic acids is 2. The van der Waals surface area contributed by atoms with Gasteiger partial charge in [-0.15, -0.1) is 0 Å². The maximum absolute atomic E-state index is 11.1. The third-order valence-corrected chi connectivity index (χ3v) is 1.68. The van der Waals surface area contributed by atoms with Crippen LogP contribution in [-0.4, -0.2) is 21.4 Å². The number of Topliss-reactive ketones (excluding diaryl/α,β-unsaturated/α-hetero) is 1. The van der Waals surface area contributed by atoms with Crippen LogP contribution >= 0.6 is 0 Å². The van der Waals surface area contributed by atoms with E-state index in [0.717, 1.165) is 9.69 Å². The first-order chi connectivity index (χ1) is 8.86. The quantitative estimate of drug-likeness (QED) is 0.366. The van der Waals surface area contributed by atoms with E-state index >= 15 is 0 Å². The summed E-state index contributed by atoms with van der Waals surface area (Å²) in [5, 5.41) is 0.778. The predicted octanol–water partition coefficient (Wildman–Crippen LogP) is 1.47. The molecule has 7 heteroatoms. The zero-order valence-corrected chi connectivity index (χ0v) is 12.6. The summed E-state index contributed by atoms with van der Waals surface area (Å²) >= 11 is 0. The standard InChI is InChI=1S/C7H11N5O2.C3H8.C2H6/c1-4(13)6-7(10-3-11(6)8)12(9)5(2)14;1-3-2;1-2/h3H,8-9H2,1-2H3;3H2,1-2H3;1-2H3. The second-order valence-electron chi connectivity index (χ2n) is 3.48. The number of nitrogens with two attached hydrogens (primary N) is 2. The monoisotopic (exact) mass is 271 g/mol. The second-order valence-corrected chi connectivity index (χ2v) is 3.48. The van der Waals surface area contributed by atoms with E-state index < -0.39 is 5.91 Å². The molecule has 0 fully saturated rings. The van der Waals surface area contributed by atoms with Gasteiger partial charge in [-0.3, -0.25) is 9.59 Å². The maximum Gasteiger partial charge on any atom is 0.239 e. The van der Waals surface area contributed by atoms with E-state index in [0.29, 0.717) is 0 Å². The highest BCUT2D eigenvalue weighted by Crippen LogP contribution is 2.14. The summed E-state index contributed by atoms with van der Waals surface area (Å²) in [6, 6.07) is 0. The first kappa shape index (κ1) is 19.4. The van der Waals surface area contributed by atoms with Gasteiger partial charge in [0.05, 0.1) is 0 Å². The van der Waals surface area contributed by atoms with Gasteiger partial charge in [0.2, 0.25) is 5.91 Å². The Balaban J connectivity index is 0.